The Hall–Kier alpha value is -3.35. The molecule has 0 saturated heterocycles. The summed E-state index contributed by atoms with van der Waals surface area (Å²) < 4.78 is 10.4. The highest BCUT2D eigenvalue weighted by Crippen LogP contribution is 2.26. The molecule has 1 N–H and O–H groups in total. The maximum atomic E-state index is 12.8. The van der Waals surface area contributed by atoms with E-state index in [1.807, 2.05) is 37.3 Å². The molecule has 0 bridgehead atoms. The van der Waals surface area contributed by atoms with Gasteiger partial charge in [-0.25, -0.2) is 0 Å². The van der Waals surface area contributed by atoms with Crippen LogP contribution in [0.25, 0.3) is 0 Å². The third-order valence-corrected chi connectivity index (χ3v) is 4.86. The highest BCUT2D eigenvalue weighted by Gasteiger charge is 2.20. The Kier molecular flexibility index (Phi) is 6.49. The van der Waals surface area contributed by atoms with Crippen molar-refractivity contribution in [3.8, 4) is 5.75 Å². The Balaban J connectivity index is 1.67. The minimum absolute atomic E-state index is 0.00370. The van der Waals surface area contributed by atoms with E-state index in [1.165, 1.54) is 12.0 Å². The van der Waals surface area contributed by atoms with Crippen LogP contribution in [0.3, 0.4) is 0 Å². The summed E-state index contributed by atoms with van der Waals surface area (Å²) in [6.07, 6.45) is 1.06. The molecule has 2 aromatic rings. The first-order valence-electron chi connectivity index (χ1n) is 9.41. The summed E-state index contributed by atoms with van der Waals surface area (Å²) in [6, 6.07) is 13.0. The number of ether oxygens (including phenoxy) is 2. The number of esters is 1. The van der Waals surface area contributed by atoms with Crippen molar-refractivity contribution in [3.63, 3.8) is 0 Å². The molecular weight excluding hydrogens is 372 g/mol. The minimum atomic E-state index is -0.489. The van der Waals surface area contributed by atoms with Gasteiger partial charge in [0.25, 0.3) is 5.91 Å². The van der Waals surface area contributed by atoms with E-state index < -0.39 is 5.97 Å². The molecule has 1 aliphatic heterocycles. The van der Waals surface area contributed by atoms with E-state index in [1.54, 1.807) is 12.1 Å². The zero-order chi connectivity index (χ0) is 20.8. The van der Waals surface area contributed by atoms with Crippen LogP contribution in [-0.2, 0) is 32.1 Å². The first-order valence-corrected chi connectivity index (χ1v) is 9.41. The summed E-state index contributed by atoms with van der Waals surface area (Å²) in [4.78, 5) is 37.4. The number of rotatable bonds is 7. The van der Waals surface area contributed by atoms with Gasteiger partial charge in [-0.3, -0.25) is 14.4 Å². The van der Waals surface area contributed by atoms with Gasteiger partial charge in [0.2, 0.25) is 5.91 Å². The third kappa shape index (κ3) is 5.34. The molecule has 0 atom stereocenters. The van der Waals surface area contributed by atoms with E-state index in [-0.39, 0.29) is 25.0 Å². The monoisotopic (exact) mass is 396 g/mol. The highest BCUT2D eigenvalue weighted by molar-refractivity contribution is 5.94. The van der Waals surface area contributed by atoms with Gasteiger partial charge in [-0.05, 0) is 48.2 Å². The smallest absolute Gasteiger partial charge is 0.325 e. The van der Waals surface area contributed by atoms with Crippen molar-refractivity contribution in [3.05, 3.63) is 59.2 Å². The van der Waals surface area contributed by atoms with E-state index in [0.717, 1.165) is 22.4 Å². The number of carbonyl (C=O) groups excluding carboxylic acids is 3. The topological polar surface area (TPSA) is 84.9 Å². The zero-order valence-corrected chi connectivity index (χ0v) is 16.6. The Morgan fingerprint density at radius 1 is 1.14 bits per heavy atom. The van der Waals surface area contributed by atoms with E-state index >= 15 is 0 Å². The molecule has 0 aromatic heterocycles. The lowest BCUT2D eigenvalue weighted by atomic mass is 10.0. The number of hydrogen-bond donors (Lipinski definition) is 1. The lowest BCUT2D eigenvalue weighted by Crippen LogP contribution is -2.38. The third-order valence-electron chi connectivity index (χ3n) is 4.86. The fourth-order valence-corrected chi connectivity index (χ4v) is 3.13. The second-order valence-corrected chi connectivity index (χ2v) is 6.91. The number of benzene rings is 2. The van der Waals surface area contributed by atoms with Gasteiger partial charge in [-0.15, -0.1) is 0 Å². The summed E-state index contributed by atoms with van der Waals surface area (Å²) in [5.41, 5.74) is 3.73. The molecule has 2 amide bonds. The number of hydrogen-bond acceptors (Lipinski definition) is 5. The summed E-state index contributed by atoms with van der Waals surface area (Å²) in [7, 11) is 1.29. The average molecular weight is 396 g/mol. The summed E-state index contributed by atoms with van der Waals surface area (Å²) in [6.45, 7) is 1.90. The van der Waals surface area contributed by atoms with Crippen molar-refractivity contribution in [2.24, 2.45) is 0 Å². The molecule has 1 aliphatic rings. The van der Waals surface area contributed by atoms with Gasteiger partial charge in [0, 0.05) is 18.7 Å². The van der Waals surface area contributed by atoms with Crippen molar-refractivity contribution < 1.29 is 23.9 Å². The van der Waals surface area contributed by atoms with Crippen LogP contribution >= 0.6 is 0 Å². The van der Waals surface area contributed by atoms with E-state index in [0.29, 0.717) is 25.1 Å². The summed E-state index contributed by atoms with van der Waals surface area (Å²) in [5.74, 6) is -0.265. The van der Waals surface area contributed by atoms with E-state index in [9.17, 15) is 14.4 Å². The Morgan fingerprint density at radius 2 is 1.93 bits per heavy atom. The molecule has 2 aromatic carbocycles. The van der Waals surface area contributed by atoms with E-state index in [2.05, 4.69) is 5.32 Å². The fourth-order valence-electron chi connectivity index (χ4n) is 3.13. The van der Waals surface area contributed by atoms with Crippen molar-refractivity contribution in [1.82, 2.24) is 4.90 Å². The zero-order valence-electron chi connectivity index (χ0n) is 16.6. The number of nitrogens with zero attached hydrogens (tertiary/aromatic N) is 1. The van der Waals surface area contributed by atoms with Crippen LogP contribution in [0.5, 0.6) is 5.75 Å². The second-order valence-electron chi connectivity index (χ2n) is 6.91. The van der Waals surface area contributed by atoms with Crippen LogP contribution in [0.15, 0.2) is 42.5 Å². The molecule has 0 fully saturated rings. The number of aryl methyl sites for hydroxylation is 2. The maximum Gasteiger partial charge on any atom is 0.325 e. The van der Waals surface area contributed by atoms with Crippen LogP contribution in [0.4, 0.5) is 5.69 Å². The maximum absolute atomic E-state index is 12.8. The molecule has 3 rings (SSSR count). The molecule has 0 spiro atoms. The summed E-state index contributed by atoms with van der Waals surface area (Å²) in [5, 5.41) is 2.81. The molecule has 0 radical (unpaired) electrons. The molecule has 29 heavy (non-hydrogen) atoms. The predicted molar refractivity (Wildman–Crippen MR) is 107 cm³/mol. The van der Waals surface area contributed by atoms with Crippen molar-refractivity contribution in [2.45, 2.75) is 26.3 Å². The minimum Gasteiger partial charge on any atom is -0.484 e. The first-order chi connectivity index (χ1) is 14.0. The van der Waals surface area contributed by atoms with Crippen LogP contribution in [0, 0.1) is 6.92 Å². The number of fused-ring (bicyclic) bond motifs is 1. The molecule has 0 saturated carbocycles. The fraction of sp³-hybridized carbons (Fsp3) is 0.318. The van der Waals surface area contributed by atoms with Crippen LogP contribution in [-0.4, -0.2) is 42.9 Å². The van der Waals surface area contributed by atoms with Gasteiger partial charge in [-0.1, -0.05) is 24.3 Å². The largest absolute Gasteiger partial charge is 0.484 e. The number of methoxy groups -OCH3 is 1. The molecular formula is C22H24N2O5. The Bertz CT molecular complexity index is 925. The highest BCUT2D eigenvalue weighted by atomic mass is 16.5. The standard InChI is InChI=1S/C22H24N2O5/c1-15-5-3-4-6-17(15)12-24(13-22(27)28-2)21(26)14-29-18-8-9-19-16(11-18)7-10-20(25)23-19/h3-6,8-9,11H,7,10,12-14H2,1-2H3,(H,23,25). The SMILES string of the molecule is COC(=O)CN(Cc1ccccc1C)C(=O)COc1ccc2c(c1)CCC(=O)N2. The van der Waals surface area contributed by atoms with Crippen LogP contribution in [0.2, 0.25) is 0 Å². The molecule has 7 heteroatoms. The van der Waals surface area contributed by atoms with Crippen molar-refractivity contribution in [2.75, 3.05) is 25.6 Å². The number of amides is 2. The Morgan fingerprint density at radius 3 is 2.69 bits per heavy atom. The van der Waals surface area contributed by atoms with Gasteiger partial charge in [0.05, 0.1) is 7.11 Å². The van der Waals surface area contributed by atoms with Crippen LogP contribution < -0.4 is 10.1 Å². The van der Waals surface area contributed by atoms with Crippen LogP contribution in [0.1, 0.15) is 23.1 Å². The van der Waals surface area contributed by atoms with Gasteiger partial charge < -0.3 is 19.7 Å². The van der Waals surface area contributed by atoms with Gasteiger partial charge in [-0.2, -0.15) is 0 Å². The molecule has 0 unspecified atom stereocenters. The predicted octanol–water partition coefficient (Wildman–Crippen LogP) is 2.46. The second kappa shape index (κ2) is 9.23. The van der Waals surface area contributed by atoms with Crippen molar-refractivity contribution >= 4 is 23.5 Å². The lowest BCUT2D eigenvalue weighted by molar-refractivity contribution is -0.148. The molecule has 0 aliphatic carbocycles. The average Bonchev–Trinajstić information content (AvgIpc) is 2.72. The normalized spacial score (nSPS) is 12.6. The first kappa shape index (κ1) is 20.4. The Labute approximate surface area is 169 Å². The lowest BCUT2D eigenvalue weighted by Gasteiger charge is -2.23. The van der Waals surface area contributed by atoms with Gasteiger partial charge in [0.1, 0.15) is 12.3 Å². The summed E-state index contributed by atoms with van der Waals surface area (Å²) >= 11 is 0. The molecule has 152 valence electrons. The quantitative estimate of drug-likeness (QED) is 0.727. The van der Waals surface area contributed by atoms with E-state index in [4.69, 9.17) is 9.47 Å². The molecule has 1 heterocycles. The van der Waals surface area contributed by atoms with Crippen molar-refractivity contribution in [1.29, 1.82) is 0 Å². The molecule has 7 nitrogen and oxygen atoms in total. The van der Waals surface area contributed by atoms with Gasteiger partial charge in [0.15, 0.2) is 6.61 Å². The number of anilines is 1. The van der Waals surface area contributed by atoms with Gasteiger partial charge >= 0.3 is 5.97 Å². The number of nitrogens with one attached hydrogen (secondary N) is 1. The number of carbonyl (C=O) groups is 3.